The third kappa shape index (κ3) is 7.83. The Hall–Kier alpha value is -3.36. The lowest BCUT2D eigenvalue weighted by molar-refractivity contribution is -0.140. The molecule has 0 fully saturated rings. The van der Waals surface area contributed by atoms with Crippen molar-refractivity contribution in [2.75, 3.05) is 17.4 Å². The summed E-state index contributed by atoms with van der Waals surface area (Å²) in [4.78, 5) is 28.7. The average Bonchev–Trinajstić information content (AvgIpc) is 2.91. The Kier molecular flexibility index (Phi) is 10.5. The topological polar surface area (TPSA) is 86.8 Å². The molecule has 3 aromatic carbocycles. The third-order valence-electron chi connectivity index (χ3n) is 6.31. The zero-order valence-corrected chi connectivity index (χ0v) is 24.4. The van der Waals surface area contributed by atoms with Gasteiger partial charge in [0.1, 0.15) is 12.6 Å². The van der Waals surface area contributed by atoms with Crippen LogP contribution in [0.25, 0.3) is 0 Å². The SMILES string of the molecule is CCCNC(=O)[C@@H](CC)N(Cc1ccc(Cl)cc1)C(=O)CN(c1cc(C)cc(C)c1)S(=O)(=O)c1ccccc1. The number of aryl methyl sites for hydroxylation is 2. The molecule has 9 heteroatoms. The van der Waals surface area contributed by atoms with Crippen LogP contribution < -0.4 is 9.62 Å². The molecule has 0 bridgehead atoms. The Morgan fingerprint density at radius 3 is 2.10 bits per heavy atom. The number of hydrogen-bond acceptors (Lipinski definition) is 4. The number of nitrogens with zero attached hydrogens (tertiary/aromatic N) is 2. The first kappa shape index (κ1) is 30.2. The van der Waals surface area contributed by atoms with Gasteiger partial charge in [0.05, 0.1) is 10.6 Å². The number of rotatable bonds is 12. The summed E-state index contributed by atoms with van der Waals surface area (Å²) in [5, 5.41) is 3.44. The Morgan fingerprint density at radius 2 is 1.54 bits per heavy atom. The fourth-order valence-electron chi connectivity index (χ4n) is 4.42. The van der Waals surface area contributed by atoms with Gasteiger partial charge in [-0.1, -0.05) is 61.8 Å². The lowest BCUT2D eigenvalue weighted by atomic mass is 10.1. The first-order valence-corrected chi connectivity index (χ1v) is 14.9. The molecular weight excluding hydrogens is 534 g/mol. The molecule has 7 nitrogen and oxygen atoms in total. The van der Waals surface area contributed by atoms with Gasteiger partial charge >= 0.3 is 0 Å². The molecule has 0 radical (unpaired) electrons. The summed E-state index contributed by atoms with van der Waals surface area (Å²) in [5.74, 6) is -0.757. The molecule has 0 aliphatic heterocycles. The van der Waals surface area contributed by atoms with Gasteiger partial charge < -0.3 is 10.2 Å². The maximum Gasteiger partial charge on any atom is 0.264 e. The van der Waals surface area contributed by atoms with E-state index in [-0.39, 0.29) is 17.3 Å². The molecule has 0 aromatic heterocycles. The van der Waals surface area contributed by atoms with E-state index in [1.165, 1.54) is 17.0 Å². The van der Waals surface area contributed by atoms with Crippen LogP contribution in [0.5, 0.6) is 0 Å². The van der Waals surface area contributed by atoms with Gasteiger partial charge in [-0.15, -0.1) is 0 Å². The van der Waals surface area contributed by atoms with Gasteiger partial charge in [0.2, 0.25) is 11.8 Å². The molecule has 2 amide bonds. The van der Waals surface area contributed by atoms with E-state index >= 15 is 0 Å². The zero-order valence-electron chi connectivity index (χ0n) is 22.9. The molecule has 0 unspecified atom stereocenters. The van der Waals surface area contributed by atoms with Crippen LogP contribution in [0.4, 0.5) is 5.69 Å². The quantitative estimate of drug-likeness (QED) is 0.313. The minimum Gasteiger partial charge on any atom is -0.354 e. The number of nitrogens with one attached hydrogen (secondary N) is 1. The van der Waals surface area contributed by atoms with E-state index in [9.17, 15) is 18.0 Å². The third-order valence-corrected chi connectivity index (χ3v) is 8.35. The monoisotopic (exact) mass is 569 g/mol. The number of benzene rings is 3. The normalized spacial score (nSPS) is 12.0. The van der Waals surface area contributed by atoms with E-state index in [2.05, 4.69) is 5.32 Å². The molecule has 0 spiro atoms. The van der Waals surface area contributed by atoms with E-state index in [4.69, 9.17) is 11.6 Å². The van der Waals surface area contributed by atoms with Crippen LogP contribution in [0, 0.1) is 13.8 Å². The molecule has 1 N–H and O–H groups in total. The molecule has 208 valence electrons. The van der Waals surface area contributed by atoms with Crippen molar-refractivity contribution in [2.24, 2.45) is 0 Å². The molecule has 3 aromatic rings. The Bertz CT molecular complexity index is 1360. The van der Waals surface area contributed by atoms with E-state index in [0.717, 1.165) is 27.4 Å². The van der Waals surface area contributed by atoms with Crippen molar-refractivity contribution in [3.05, 3.63) is 94.5 Å². The lowest BCUT2D eigenvalue weighted by Gasteiger charge is -2.33. The van der Waals surface area contributed by atoms with Crippen LogP contribution in [-0.2, 0) is 26.2 Å². The van der Waals surface area contributed by atoms with Gasteiger partial charge in [-0.25, -0.2) is 8.42 Å². The van der Waals surface area contributed by atoms with Crippen molar-refractivity contribution >= 4 is 39.1 Å². The highest BCUT2D eigenvalue weighted by Crippen LogP contribution is 2.27. The smallest absolute Gasteiger partial charge is 0.264 e. The first-order valence-electron chi connectivity index (χ1n) is 13.0. The number of anilines is 1. The Balaban J connectivity index is 2.06. The number of amides is 2. The summed E-state index contributed by atoms with van der Waals surface area (Å²) < 4.78 is 28.9. The van der Waals surface area contributed by atoms with Crippen LogP contribution in [0.2, 0.25) is 5.02 Å². The predicted octanol–water partition coefficient (Wildman–Crippen LogP) is 5.49. The van der Waals surface area contributed by atoms with Crippen LogP contribution in [-0.4, -0.2) is 44.3 Å². The average molecular weight is 570 g/mol. The van der Waals surface area contributed by atoms with Crippen LogP contribution in [0.15, 0.2) is 77.7 Å². The summed E-state index contributed by atoms with van der Waals surface area (Å²) in [6.07, 6.45) is 1.12. The zero-order chi connectivity index (χ0) is 28.6. The molecule has 1 atom stereocenters. The fourth-order valence-corrected chi connectivity index (χ4v) is 5.96. The maximum atomic E-state index is 14.0. The second kappa shape index (κ2) is 13.6. The second-order valence-electron chi connectivity index (χ2n) is 9.53. The molecule has 0 aliphatic rings. The number of sulfonamides is 1. The molecule has 3 rings (SSSR count). The van der Waals surface area contributed by atoms with Crippen LogP contribution in [0.1, 0.15) is 43.4 Å². The van der Waals surface area contributed by atoms with Gasteiger partial charge in [0.15, 0.2) is 0 Å². The van der Waals surface area contributed by atoms with E-state index in [1.54, 1.807) is 54.6 Å². The van der Waals surface area contributed by atoms with Gasteiger partial charge in [-0.05, 0) is 79.8 Å². The second-order valence-corrected chi connectivity index (χ2v) is 11.8. The van der Waals surface area contributed by atoms with Crippen molar-refractivity contribution in [2.45, 2.75) is 58.0 Å². The highest BCUT2D eigenvalue weighted by Gasteiger charge is 2.33. The van der Waals surface area contributed by atoms with Gasteiger partial charge in [-0.3, -0.25) is 13.9 Å². The summed E-state index contributed by atoms with van der Waals surface area (Å²) >= 11 is 6.06. The molecule has 0 saturated heterocycles. The standard InChI is InChI=1S/C30H36ClN3O4S/c1-5-16-32-30(36)28(6-2)33(20-24-12-14-25(31)15-13-24)29(35)21-34(26-18-22(3)17-23(4)19-26)39(37,38)27-10-8-7-9-11-27/h7-15,17-19,28H,5-6,16,20-21H2,1-4H3,(H,32,36)/t28-/m1/s1. The van der Waals surface area contributed by atoms with Gasteiger partial charge in [0.25, 0.3) is 10.0 Å². The minimum atomic E-state index is -4.09. The van der Waals surface area contributed by atoms with E-state index in [0.29, 0.717) is 23.7 Å². The van der Waals surface area contributed by atoms with Gasteiger partial charge in [0, 0.05) is 18.1 Å². The van der Waals surface area contributed by atoms with Crippen molar-refractivity contribution < 1.29 is 18.0 Å². The number of carbonyl (C=O) groups is 2. The Morgan fingerprint density at radius 1 is 0.923 bits per heavy atom. The molecule has 0 saturated carbocycles. The van der Waals surface area contributed by atoms with E-state index < -0.39 is 28.5 Å². The van der Waals surface area contributed by atoms with Gasteiger partial charge in [-0.2, -0.15) is 0 Å². The molecule has 39 heavy (non-hydrogen) atoms. The minimum absolute atomic E-state index is 0.0777. The molecule has 0 aliphatic carbocycles. The van der Waals surface area contributed by atoms with Crippen molar-refractivity contribution in [1.29, 1.82) is 0 Å². The Labute approximate surface area is 236 Å². The number of halogens is 1. The van der Waals surface area contributed by atoms with Crippen molar-refractivity contribution in [3.63, 3.8) is 0 Å². The fraction of sp³-hybridized carbons (Fsp3) is 0.333. The van der Waals surface area contributed by atoms with E-state index in [1.807, 2.05) is 33.8 Å². The number of carbonyl (C=O) groups excluding carboxylic acids is 2. The predicted molar refractivity (Wildman–Crippen MR) is 156 cm³/mol. The summed E-state index contributed by atoms with van der Waals surface area (Å²) in [5.41, 5.74) is 2.90. The molecule has 0 heterocycles. The lowest BCUT2D eigenvalue weighted by Crippen LogP contribution is -2.52. The number of hydrogen-bond donors (Lipinski definition) is 1. The highest BCUT2D eigenvalue weighted by molar-refractivity contribution is 7.92. The summed E-state index contributed by atoms with van der Waals surface area (Å²) in [7, 11) is -4.09. The van der Waals surface area contributed by atoms with Crippen molar-refractivity contribution in [1.82, 2.24) is 10.2 Å². The summed E-state index contributed by atoms with van der Waals surface area (Å²) in [6, 6.07) is 19.7. The van der Waals surface area contributed by atoms with Crippen LogP contribution in [0.3, 0.4) is 0 Å². The molecular formula is C30H36ClN3O4S. The largest absolute Gasteiger partial charge is 0.354 e. The highest BCUT2D eigenvalue weighted by atomic mass is 35.5. The van der Waals surface area contributed by atoms with Crippen LogP contribution >= 0.6 is 11.6 Å². The maximum absolute atomic E-state index is 14.0. The first-order chi connectivity index (χ1) is 18.6. The van der Waals surface area contributed by atoms with Crippen molar-refractivity contribution in [3.8, 4) is 0 Å². The summed E-state index contributed by atoms with van der Waals surface area (Å²) in [6.45, 7) is 7.68.